The second kappa shape index (κ2) is 3.90. The molecule has 1 aliphatic carbocycles. The van der Waals surface area contributed by atoms with E-state index in [1.807, 2.05) is 6.07 Å². The van der Waals surface area contributed by atoms with Crippen molar-refractivity contribution in [2.75, 3.05) is 6.54 Å². The molecule has 0 spiro atoms. The van der Waals surface area contributed by atoms with Gasteiger partial charge < -0.3 is 5.21 Å². The van der Waals surface area contributed by atoms with Crippen molar-refractivity contribution in [1.82, 2.24) is 5.48 Å². The van der Waals surface area contributed by atoms with Crippen LogP contribution in [0.4, 0.5) is 0 Å². The first-order valence-electron chi connectivity index (χ1n) is 4.81. The van der Waals surface area contributed by atoms with Crippen molar-refractivity contribution < 1.29 is 5.21 Å². The lowest BCUT2D eigenvalue weighted by Gasteiger charge is -1.99. The van der Waals surface area contributed by atoms with E-state index in [9.17, 15) is 0 Å². The molecule has 1 aliphatic rings. The van der Waals surface area contributed by atoms with Gasteiger partial charge in [-0.25, -0.2) is 5.48 Å². The van der Waals surface area contributed by atoms with Crippen LogP contribution in [-0.4, -0.2) is 11.8 Å². The normalized spacial score (nSPS) is 25.9. The highest BCUT2D eigenvalue weighted by Crippen LogP contribution is 2.40. The Hall–Kier alpha value is -0.860. The van der Waals surface area contributed by atoms with E-state index < -0.39 is 0 Å². The van der Waals surface area contributed by atoms with Gasteiger partial charge in [0.05, 0.1) is 0 Å². The van der Waals surface area contributed by atoms with Crippen LogP contribution in [0.3, 0.4) is 0 Å². The maximum Gasteiger partial charge on any atom is 0.0238 e. The van der Waals surface area contributed by atoms with Crippen LogP contribution in [0.15, 0.2) is 30.3 Å². The van der Waals surface area contributed by atoms with Gasteiger partial charge in [-0.3, -0.25) is 0 Å². The Morgan fingerprint density at radius 1 is 1.23 bits per heavy atom. The zero-order valence-corrected chi connectivity index (χ0v) is 7.61. The molecule has 1 aromatic carbocycles. The van der Waals surface area contributed by atoms with Gasteiger partial charge in [-0.1, -0.05) is 30.3 Å². The molecule has 0 radical (unpaired) electrons. The second-order valence-electron chi connectivity index (χ2n) is 3.81. The Morgan fingerprint density at radius 2 is 2.00 bits per heavy atom. The summed E-state index contributed by atoms with van der Waals surface area (Å²) < 4.78 is 0. The molecule has 0 aromatic heterocycles. The molecule has 1 aromatic rings. The van der Waals surface area contributed by atoms with Gasteiger partial charge in [0.25, 0.3) is 0 Å². The fraction of sp³-hybridized carbons (Fsp3) is 0.455. The fourth-order valence-electron chi connectivity index (χ4n) is 1.84. The molecule has 2 N–H and O–H groups in total. The summed E-state index contributed by atoms with van der Waals surface area (Å²) in [5.41, 5.74) is 3.66. The highest BCUT2D eigenvalue weighted by atomic mass is 16.5. The fourth-order valence-corrected chi connectivity index (χ4v) is 1.84. The number of benzene rings is 1. The second-order valence-corrected chi connectivity index (χ2v) is 3.81. The van der Waals surface area contributed by atoms with E-state index in [1.165, 1.54) is 12.0 Å². The first-order chi connectivity index (χ1) is 6.40. The van der Waals surface area contributed by atoms with Crippen LogP contribution in [-0.2, 0) is 6.42 Å². The molecule has 13 heavy (non-hydrogen) atoms. The first-order valence-corrected chi connectivity index (χ1v) is 4.81. The summed E-state index contributed by atoms with van der Waals surface area (Å²) in [6.07, 6.45) is 2.41. The number of hydroxylamine groups is 1. The lowest BCUT2D eigenvalue weighted by Crippen LogP contribution is -2.11. The quantitative estimate of drug-likeness (QED) is 0.688. The third-order valence-electron chi connectivity index (χ3n) is 2.76. The molecule has 0 heterocycles. The van der Waals surface area contributed by atoms with Crippen LogP contribution in [0.2, 0.25) is 0 Å². The van der Waals surface area contributed by atoms with E-state index in [0.29, 0.717) is 5.92 Å². The Balaban J connectivity index is 1.81. The molecule has 2 heteroatoms. The molecule has 0 amide bonds. The van der Waals surface area contributed by atoms with Crippen LogP contribution in [0.1, 0.15) is 12.0 Å². The third kappa shape index (κ3) is 2.29. The molecule has 2 atom stereocenters. The molecule has 0 saturated heterocycles. The summed E-state index contributed by atoms with van der Waals surface area (Å²) in [5.74, 6) is 1.47. The van der Waals surface area contributed by atoms with Gasteiger partial charge in [0, 0.05) is 6.54 Å². The van der Waals surface area contributed by atoms with Crippen molar-refractivity contribution in [2.24, 2.45) is 11.8 Å². The molecule has 0 bridgehead atoms. The zero-order valence-electron chi connectivity index (χ0n) is 7.61. The summed E-state index contributed by atoms with van der Waals surface area (Å²) >= 11 is 0. The number of rotatable bonds is 4. The lowest BCUT2D eigenvalue weighted by molar-refractivity contribution is 0.160. The summed E-state index contributed by atoms with van der Waals surface area (Å²) in [6.45, 7) is 0.748. The van der Waals surface area contributed by atoms with Gasteiger partial charge in [0.15, 0.2) is 0 Å². The molecular weight excluding hydrogens is 162 g/mol. The van der Waals surface area contributed by atoms with E-state index in [-0.39, 0.29) is 0 Å². The third-order valence-corrected chi connectivity index (χ3v) is 2.76. The minimum atomic E-state index is 0.685. The minimum absolute atomic E-state index is 0.685. The highest BCUT2D eigenvalue weighted by Gasteiger charge is 2.35. The van der Waals surface area contributed by atoms with Crippen molar-refractivity contribution in [3.8, 4) is 0 Å². The molecular formula is C11H15NO. The number of nitrogens with one attached hydrogen (secondary N) is 1. The molecule has 0 aliphatic heterocycles. The Kier molecular flexibility index (Phi) is 2.62. The Labute approximate surface area is 78.5 Å². The molecule has 0 unspecified atom stereocenters. The molecule has 70 valence electrons. The van der Waals surface area contributed by atoms with Crippen molar-refractivity contribution in [3.05, 3.63) is 35.9 Å². The van der Waals surface area contributed by atoms with E-state index >= 15 is 0 Å². The standard InChI is InChI=1S/C11H15NO/c13-12-8-11-7-10(11)6-9-4-2-1-3-5-9/h1-5,10-13H,6-8H2/t10-,11-/m0/s1. The monoisotopic (exact) mass is 177 g/mol. The molecule has 2 rings (SSSR count). The van der Waals surface area contributed by atoms with Gasteiger partial charge in [-0.15, -0.1) is 0 Å². The highest BCUT2D eigenvalue weighted by molar-refractivity contribution is 5.16. The molecule has 1 saturated carbocycles. The Bertz CT molecular complexity index is 260. The molecule has 1 fully saturated rings. The van der Waals surface area contributed by atoms with Gasteiger partial charge in [-0.05, 0) is 30.2 Å². The SMILES string of the molecule is ONC[C@@H]1C[C@@H]1Cc1ccccc1. The minimum Gasteiger partial charge on any atom is -0.317 e. The van der Waals surface area contributed by atoms with Gasteiger partial charge >= 0.3 is 0 Å². The summed E-state index contributed by atoms with van der Waals surface area (Å²) in [5, 5.41) is 8.51. The van der Waals surface area contributed by atoms with Crippen molar-refractivity contribution in [3.63, 3.8) is 0 Å². The predicted molar refractivity (Wildman–Crippen MR) is 51.5 cm³/mol. The van der Waals surface area contributed by atoms with E-state index in [0.717, 1.165) is 18.9 Å². The lowest BCUT2D eigenvalue weighted by atomic mass is 10.1. The van der Waals surface area contributed by atoms with Crippen LogP contribution < -0.4 is 5.48 Å². The van der Waals surface area contributed by atoms with Crippen molar-refractivity contribution >= 4 is 0 Å². The van der Waals surface area contributed by atoms with E-state index in [4.69, 9.17) is 5.21 Å². The predicted octanol–water partition coefficient (Wildman–Crippen LogP) is 1.84. The largest absolute Gasteiger partial charge is 0.317 e. The topological polar surface area (TPSA) is 32.3 Å². The Morgan fingerprint density at radius 3 is 2.69 bits per heavy atom. The maximum atomic E-state index is 8.51. The van der Waals surface area contributed by atoms with Crippen LogP contribution in [0, 0.1) is 11.8 Å². The average Bonchev–Trinajstić information content (AvgIpc) is 2.86. The van der Waals surface area contributed by atoms with Crippen LogP contribution in [0.5, 0.6) is 0 Å². The maximum absolute atomic E-state index is 8.51. The average molecular weight is 177 g/mol. The first kappa shape index (κ1) is 8.73. The van der Waals surface area contributed by atoms with Gasteiger partial charge in [0.2, 0.25) is 0 Å². The van der Waals surface area contributed by atoms with Gasteiger partial charge in [0.1, 0.15) is 0 Å². The number of hydrogen-bond acceptors (Lipinski definition) is 2. The van der Waals surface area contributed by atoms with Crippen molar-refractivity contribution in [1.29, 1.82) is 0 Å². The molecule has 2 nitrogen and oxygen atoms in total. The summed E-state index contributed by atoms with van der Waals surface area (Å²) in [4.78, 5) is 0. The van der Waals surface area contributed by atoms with Crippen LogP contribution >= 0.6 is 0 Å². The smallest absolute Gasteiger partial charge is 0.0238 e. The summed E-state index contributed by atoms with van der Waals surface area (Å²) in [7, 11) is 0. The van der Waals surface area contributed by atoms with Gasteiger partial charge in [-0.2, -0.15) is 0 Å². The van der Waals surface area contributed by atoms with E-state index in [2.05, 4.69) is 29.7 Å². The zero-order chi connectivity index (χ0) is 9.10. The van der Waals surface area contributed by atoms with E-state index in [1.54, 1.807) is 0 Å². The van der Waals surface area contributed by atoms with Crippen LogP contribution in [0.25, 0.3) is 0 Å². The number of hydrogen-bond donors (Lipinski definition) is 2. The summed E-state index contributed by atoms with van der Waals surface area (Å²) in [6, 6.07) is 10.5. The van der Waals surface area contributed by atoms with Crippen molar-refractivity contribution in [2.45, 2.75) is 12.8 Å².